The predicted molar refractivity (Wildman–Crippen MR) is 82.4 cm³/mol. The number of benzene rings is 2. The summed E-state index contributed by atoms with van der Waals surface area (Å²) in [6, 6.07) is 11.9. The van der Waals surface area contributed by atoms with Gasteiger partial charge in [0.2, 0.25) is 0 Å². The van der Waals surface area contributed by atoms with Gasteiger partial charge in [0.1, 0.15) is 0 Å². The summed E-state index contributed by atoms with van der Waals surface area (Å²) in [6.45, 7) is 1.78. The van der Waals surface area contributed by atoms with Crippen LogP contribution < -0.4 is 10.6 Å². The van der Waals surface area contributed by atoms with Crippen molar-refractivity contribution >= 4 is 34.6 Å². The zero-order valence-corrected chi connectivity index (χ0v) is 11.9. The Balaban J connectivity index is 1.78. The molecule has 0 radical (unpaired) electrons. The molecule has 3 rings (SSSR count). The van der Waals surface area contributed by atoms with Crippen LogP contribution in [0, 0.1) is 0 Å². The first-order chi connectivity index (χ1) is 9.22. The first kappa shape index (κ1) is 12.6. The number of halogens is 2. The largest absolute Gasteiger partial charge is 0.384 e. The Labute approximate surface area is 122 Å². The van der Waals surface area contributed by atoms with E-state index in [2.05, 4.69) is 28.8 Å². The zero-order valence-electron chi connectivity index (χ0n) is 10.3. The van der Waals surface area contributed by atoms with E-state index in [4.69, 9.17) is 23.2 Å². The van der Waals surface area contributed by atoms with Crippen LogP contribution in [0.5, 0.6) is 0 Å². The molecule has 4 heteroatoms. The maximum absolute atomic E-state index is 5.99. The highest BCUT2D eigenvalue weighted by molar-refractivity contribution is 6.35. The molecular weight excluding hydrogens is 279 g/mol. The first-order valence-electron chi connectivity index (χ1n) is 6.27. The Morgan fingerprint density at radius 2 is 1.89 bits per heavy atom. The zero-order chi connectivity index (χ0) is 13.2. The van der Waals surface area contributed by atoms with Gasteiger partial charge in [0.05, 0.1) is 0 Å². The molecule has 0 saturated heterocycles. The quantitative estimate of drug-likeness (QED) is 0.866. The maximum Gasteiger partial charge on any atom is 0.0441 e. The van der Waals surface area contributed by atoms with Crippen LogP contribution in [0.25, 0.3) is 0 Å². The van der Waals surface area contributed by atoms with Crippen LogP contribution in [0.4, 0.5) is 11.4 Å². The summed E-state index contributed by atoms with van der Waals surface area (Å²) in [7, 11) is 0. The number of nitrogens with one attached hydrogen (secondary N) is 2. The van der Waals surface area contributed by atoms with Crippen molar-refractivity contribution in [3.05, 3.63) is 57.6 Å². The molecule has 2 aromatic rings. The van der Waals surface area contributed by atoms with Crippen molar-refractivity contribution in [2.45, 2.75) is 13.0 Å². The van der Waals surface area contributed by atoms with Crippen molar-refractivity contribution in [3.8, 4) is 0 Å². The second-order valence-electron chi connectivity index (χ2n) is 4.64. The summed E-state index contributed by atoms with van der Waals surface area (Å²) in [5, 5.41) is 8.09. The van der Waals surface area contributed by atoms with Gasteiger partial charge in [0.15, 0.2) is 0 Å². The fourth-order valence-corrected chi connectivity index (χ4v) is 2.94. The molecule has 0 aliphatic carbocycles. The lowest BCUT2D eigenvalue weighted by Gasteiger charge is -2.11. The number of para-hydroxylation sites is 1. The number of hydrogen-bond acceptors (Lipinski definition) is 2. The van der Waals surface area contributed by atoms with Gasteiger partial charge in [-0.25, -0.2) is 0 Å². The summed E-state index contributed by atoms with van der Waals surface area (Å²) in [5.74, 6) is 0. The summed E-state index contributed by atoms with van der Waals surface area (Å²) < 4.78 is 0. The summed E-state index contributed by atoms with van der Waals surface area (Å²) in [4.78, 5) is 0. The van der Waals surface area contributed by atoms with Gasteiger partial charge in [-0.1, -0.05) is 41.4 Å². The van der Waals surface area contributed by atoms with Crippen molar-refractivity contribution in [2.24, 2.45) is 0 Å². The molecule has 1 aliphatic heterocycles. The van der Waals surface area contributed by atoms with Crippen molar-refractivity contribution < 1.29 is 0 Å². The average molecular weight is 293 g/mol. The molecule has 0 spiro atoms. The molecule has 0 fully saturated rings. The minimum absolute atomic E-state index is 0.645. The minimum Gasteiger partial charge on any atom is -0.384 e. The lowest BCUT2D eigenvalue weighted by molar-refractivity contribution is 1.11. The van der Waals surface area contributed by atoms with E-state index in [0.29, 0.717) is 10.0 Å². The molecule has 19 heavy (non-hydrogen) atoms. The molecule has 0 bridgehead atoms. The molecule has 0 saturated carbocycles. The molecule has 1 aliphatic rings. The molecule has 1 heterocycles. The molecule has 0 atom stereocenters. The van der Waals surface area contributed by atoms with E-state index in [1.165, 1.54) is 16.8 Å². The van der Waals surface area contributed by atoms with Crippen LogP contribution >= 0.6 is 23.2 Å². The Kier molecular flexibility index (Phi) is 3.54. The van der Waals surface area contributed by atoms with Crippen molar-refractivity contribution in [1.29, 1.82) is 0 Å². The van der Waals surface area contributed by atoms with Gasteiger partial charge >= 0.3 is 0 Å². The van der Waals surface area contributed by atoms with Crippen LogP contribution in [0.1, 0.15) is 11.1 Å². The fraction of sp³-hybridized carbons (Fsp3) is 0.200. The minimum atomic E-state index is 0.645. The monoisotopic (exact) mass is 292 g/mol. The van der Waals surface area contributed by atoms with Crippen LogP contribution in [-0.2, 0) is 13.0 Å². The van der Waals surface area contributed by atoms with E-state index in [0.717, 1.165) is 25.2 Å². The maximum atomic E-state index is 5.99. The highest BCUT2D eigenvalue weighted by Gasteiger charge is 2.13. The van der Waals surface area contributed by atoms with E-state index in [9.17, 15) is 0 Å². The van der Waals surface area contributed by atoms with E-state index in [1.807, 2.05) is 12.1 Å². The van der Waals surface area contributed by atoms with E-state index in [1.54, 1.807) is 6.07 Å². The summed E-state index contributed by atoms with van der Waals surface area (Å²) in [6.07, 6.45) is 1.10. The summed E-state index contributed by atoms with van der Waals surface area (Å²) in [5.41, 5.74) is 4.87. The number of hydrogen-bond donors (Lipinski definition) is 2. The third-order valence-electron chi connectivity index (χ3n) is 3.28. The van der Waals surface area contributed by atoms with Crippen molar-refractivity contribution in [3.63, 3.8) is 0 Å². The number of anilines is 2. The van der Waals surface area contributed by atoms with Gasteiger partial charge < -0.3 is 10.6 Å². The molecular formula is C15H14Cl2N2. The van der Waals surface area contributed by atoms with Gasteiger partial charge in [0, 0.05) is 34.5 Å². The highest BCUT2D eigenvalue weighted by atomic mass is 35.5. The number of rotatable bonds is 3. The van der Waals surface area contributed by atoms with E-state index in [-0.39, 0.29) is 0 Å². The van der Waals surface area contributed by atoms with E-state index >= 15 is 0 Å². The first-order valence-corrected chi connectivity index (χ1v) is 7.02. The SMILES string of the molecule is Clc1cc(Cl)cc(NCc2cccc3c2NCC3)c1. The Morgan fingerprint density at radius 3 is 2.68 bits per heavy atom. The van der Waals surface area contributed by atoms with Gasteiger partial charge in [-0.2, -0.15) is 0 Å². The molecule has 0 aromatic heterocycles. The second-order valence-corrected chi connectivity index (χ2v) is 5.51. The van der Waals surface area contributed by atoms with Gasteiger partial charge in [-0.3, -0.25) is 0 Å². The van der Waals surface area contributed by atoms with Gasteiger partial charge in [-0.05, 0) is 35.7 Å². The Morgan fingerprint density at radius 1 is 1.11 bits per heavy atom. The van der Waals surface area contributed by atoms with Crippen LogP contribution in [0.3, 0.4) is 0 Å². The predicted octanol–water partition coefficient (Wildman–Crippen LogP) is 4.57. The Hall–Kier alpha value is -1.38. The average Bonchev–Trinajstić information content (AvgIpc) is 2.83. The van der Waals surface area contributed by atoms with Gasteiger partial charge in [-0.15, -0.1) is 0 Å². The molecule has 0 amide bonds. The van der Waals surface area contributed by atoms with Crippen molar-refractivity contribution in [1.82, 2.24) is 0 Å². The molecule has 2 nitrogen and oxygen atoms in total. The Bertz CT molecular complexity index is 591. The molecule has 0 unspecified atom stereocenters. The lowest BCUT2D eigenvalue weighted by atomic mass is 10.1. The molecule has 2 N–H and O–H groups in total. The van der Waals surface area contributed by atoms with Crippen molar-refractivity contribution in [2.75, 3.05) is 17.2 Å². The normalized spacial score (nSPS) is 12.9. The fourth-order valence-electron chi connectivity index (χ4n) is 2.41. The number of fused-ring (bicyclic) bond motifs is 1. The third kappa shape index (κ3) is 2.80. The van der Waals surface area contributed by atoms with Crippen LogP contribution in [-0.4, -0.2) is 6.54 Å². The standard InChI is InChI=1S/C15H14Cl2N2/c16-12-6-13(17)8-14(7-12)19-9-11-3-1-2-10-4-5-18-15(10)11/h1-3,6-8,18-19H,4-5,9H2. The second kappa shape index (κ2) is 5.32. The van der Waals surface area contributed by atoms with E-state index < -0.39 is 0 Å². The summed E-state index contributed by atoms with van der Waals surface area (Å²) >= 11 is 12.0. The van der Waals surface area contributed by atoms with Crippen LogP contribution in [0.15, 0.2) is 36.4 Å². The third-order valence-corrected chi connectivity index (χ3v) is 3.72. The van der Waals surface area contributed by atoms with Crippen LogP contribution in [0.2, 0.25) is 10.0 Å². The molecule has 98 valence electrons. The van der Waals surface area contributed by atoms with Gasteiger partial charge in [0.25, 0.3) is 0 Å². The topological polar surface area (TPSA) is 24.1 Å². The smallest absolute Gasteiger partial charge is 0.0441 e. The molecule has 2 aromatic carbocycles. The highest BCUT2D eigenvalue weighted by Crippen LogP contribution is 2.28. The lowest BCUT2D eigenvalue weighted by Crippen LogP contribution is -2.03.